The number of hydrogen-bond acceptors (Lipinski definition) is 3. The van der Waals surface area contributed by atoms with E-state index in [0.717, 1.165) is 39.2 Å². The maximum absolute atomic E-state index is 13.0. The highest BCUT2D eigenvalue weighted by atomic mass is 31.1. The number of Topliss-reactive ketones (excluding diaryl/α,β-unsaturated/α-hetero) is 1. The Balaban J connectivity index is 1.70. The fraction of sp³-hybridized carbons (Fsp3) is 0.342. The minimum absolute atomic E-state index is 0.136. The first-order valence-electron chi connectivity index (χ1n) is 15.6. The Morgan fingerprint density at radius 3 is 1.75 bits per heavy atom. The van der Waals surface area contributed by atoms with Crippen LogP contribution in [0.25, 0.3) is 21.8 Å². The molecule has 6 heteroatoms. The van der Waals surface area contributed by atoms with E-state index in [1.54, 1.807) is 0 Å². The number of benzene rings is 3. The Morgan fingerprint density at radius 1 is 0.750 bits per heavy atom. The van der Waals surface area contributed by atoms with E-state index in [9.17, 15) is 4.79 Å². The van der Waals surface area contributed by atoms with Crippen molar-refractivity contribution in [3.05, 3.63) is 114 Å². The van der Waals surface area contributed by atoms with Gasteiger partial charge in [-0.3, -0.25) is 14.8 Å². The van der Waals surface area contributed by atoms with E-state index in [4.69, 9.17) is 9.97 Å². The smallest absolute Gasteiger partial charge is 0.134 e. The van der Waals surface area contributed by atoms with Gasteiger partial charge in [-0.2, -0.15) is 0 Å². The van der Waals surface area contributed by atoms with Crippen LogP contribution in [-0.2, 0) is 16.0 Å². The topological polar surface area (TPSA) is 42.9 Å². The molecule has 2 aromatic heterocycles. The Morgan fingerprint density at radius 2 is 1.25 bits per heavy atom. The summed E-state index contributed by atoms with van der Waals surface area (Å²) >= 11 is 0. The lowest BCUT2D eigenvalue weighted by atomic mass is 9.88. The molecule has 1 unspecified atom stereocenters. The van der Waals surface area contributed by atoms with Crippen LogP contribution < -0.4 is 5.30 Å². The highest BCUT2D eigenvalue weighted by Crippen LogP contribution is 2.65. The molecule has 1 aliphatic rings. The van der Waals surface area contributed by atoms with Crippen LogP contribution in [0.15, 0.2) is 91.0 Å². The predicted molar refractivity (Wildman–Crippen MR) is 196 cm³/mol. The molecular formula is C38H44N2OP2Si. The number of nitrogens with zero attached hydrogens (tertiary/aromatic N) is 2. The van der Waals surface area contributed by atoms with Gasteiger partial charge in [0.2, 0.25) is 0 Å². The third-order valence-electron chi connectivity index (χ3n) is 8.94. The maximum atomic E-state index is 13.0. The number of para-hydroxylation sites is 2. The average molecular weight is 635 g/mol. The van der Waals surface area contributed by atoms with Crippen LogP contribution >= 0.6 is 17.2 Å². The van der Waals surface area contributed by atoms with Crippen molar-refractivity contribution in [2.45, 2.75) is 81.7 Å². The number of rotatable bonds is 6. The highest BCUT2D eigenvalue weighted by Gasteiger charge is 2.50. The summed E-state index contributed by atoms with van der Waals surface area (Å²) < 4.78 is 0. The van der Waals surface area contributed by atoms with E-state index in [-0.39, 0.29) is 10.3 Å². The van der Waals surface area contributed by atoms with E-state index in [1.165, 1.54) is 16.4 Å². The van der Waals surface area contributed by atoms with Gasteiger partial charge >= 0.3 is 0 Å². The van der Waals surface area contributed by atoms with Crippen LogP contribution in [0.2, 0.25) is 19.6 Å². The molecule has 1 aliphatic heterocycles. The van der Waals surface area contributed by atoms with E-state index < -0.39 is 21.2 Å². The highest BCUT2D eigenvalue weighted by molar-refractivity contribution is 7.69. The first-order valence-corrected chi connectivity index (χ1v) is 21.3. The second-order valence-corrected chi connectivity index (χ2v) is 24.9. The van der Waals surface area contributed by atoms with Gasteiger partial charge in [0.25, 0.3) is 0 Å². The Bertz CT molecular complexity index is 1790. The predicted octanol–water partition coefficient (Wildman–Crippen LogP) is 9.40. The minimum Gasteiger partial charge on any atom is -0.300 e. The molecule has 44 heavy (non-hydrogen) atoms. The van der Waals surface area contributed by atoms with Gasteiger partial charge in [-0.1, -0.05) is 128 Å². The molecule has 0 amide bonds. The number of hydrogen-bond donors (Lipinski definition) is 0. The molecule has 0 saturated carbocycles. The minimum atomic E-state index is -1.41. The molecule has 0 bridgehead atoms. The quantitative estimate of drug-likeness (QED) is 0.138. The summed E-state index contributed by atoms with van der Waals surface area (Å²) in [7, 11) is 1.12. The summed E-state index contributed by atoms with van der Waals surface area (Å²) in [6.07, 6.45) is 1.23. The lowest BCUT2D eigenvalue weighted by Gasteiger charge is -2.50. The summed E-state index contributed by atoms with van der Waals surface area (Å²) in [4.78, 5) is 23.8. The van der Waals surface area contributed by atoms with Crippen LogP contribution in [0, 0.1) is 0 Å². The van der Waals surface area contributed by atoms with Crippen LogP contribution in [0.4, 0.5) is 0 Å². The number of carbonyl (C=O) groups is 1. The second-order valence-electron chi connectivity index (χ2n) is 15.0. The average Bonchev–Trinajstić information content (AvgIpc) is 2.94. The molecule has 3 aromatic carbocycles. The lowest BCUT2D eigenvalue weighted by Crippen LogP contribution is -2.45. The summed E-state index contributed by atoms with van der Waals surface area (Å²) in [5.74, 6) is 0.375. The fourth-order valence-corrected chi connectivity index (χ4v) is 13.9. The number of fused-ring (bicyclic) bond motifs is 2. The molecule has 5 aromatic rings. The van der Waals surface area contributed by atoms with Gasteiger partial charge < -0.3 is 0 Å². The van der Waals surface area contributed by atoms with Gasteiger partial charge in [0.1, 0.15) is 5.78 Å². The third-order valence-corrected chi connectivity index (χ3v) is 14.9. The zero-order valence-electron chi connectivity index (χ0n) is 27.1. The number of aromatic nitrogens is 2. The summed E-state index contributed by atoms with van der Waals surface area (Å²) in [6, 6.07) is 33.8. The first-order chi connectivity index (χ1) is 20.7. The molecule has 0 aliphatic carbocycles. The fourth-order valence-electron chi connectivity index (χ4n) is 7.45. The number of pyridine rings is 2. The molecule has 1 fully saturated rings. The Labute approximate surface area is 267 Å². The normalized spacial score (nSPS) is 17.3. The molecule has 1 atom stereocenters. The molecule has 0 spiro atoms. The lowest BCUT2D eigenvalue weighted by molar-refractivity contribution is -0.120. The van der Waals surface area contributed by atoms with Crippen molar-refractivity contribution in [3.63, 3.8) is 0 Å². The van der Waals surface area contributed by atoms with Crippen molar-refractivity contribution in [1.29, 1.82) is 0 Å². The van der Waals surface area contributed by atoms with Crippen molar-refractivity contribution in [2.75, 3.05) is 0 Å². The molecule has 6 rings (SSSR count). The van der Waals surface area contributed by atoms with E-state index in [0.29, 0.717) is 18.6 Å². The van der Waals surface area contributed by atoms with E-state index in [2.05, 4.69) is 148 Å². The van der Waals surface area contributed by atoms with Gasteiger partial charge in [0.15, 0.2) is 0 Å². The largest absolute Gasteiger partial charge is 0.300 e. The van der Waals surface area contributed by atoms with Gasteiger partial charge in [-0.05, 0) is 51.5 Å². The van der Waals surface area contributed by atoms with E-state index >= 15 is 0 Å². The number of carbonyl (C=O) groups excluding carboxylic acids is 1. The van der Waals surface area contributed by atoms with Crippen LogP contribution in [0.3, 0.4) is 0 Å². The van der Waals surface area contributed by atoms with Gasteiger partial charge in [-0.25, -0.2) is 0 Å². The van der Waals surface area contributed by atoms with Crippen molar-refractivity contribution in [1.82, 2.24) is 9.97 Å². The molecule has 0 N–H and O–H groups in total. The molecule has 1 saturated heterocycles. The van der Waals surface area contributed by atoms with Gasteiger partial charge in [-0.15, -0.1) is 9.24 Å². The Kier molecular flexibility index (Phi) is 7.97. The number of ketones is 1. The monoisotopic (exact) mass is 634 g/mol. The van der Waals surface area contributed by atoms with Crippen molar-refractivity contribution >= 4 is 58.1 Å². The molecule has 226 valence electrons. The second kappa shape index (κ2) is 11.2. The van der Waals surface area contributed by atoms with Crippen molar-refractivity contribution in [2.24, 2.45) is 0 Å². The maximum Gasteiger partial charge on any atom is 0.134 e. The Hall–Kier alpha value is -2.77. The zero-order valence-corrected chi connectivity index (χ0v) is 30.2. The van der Waals surface area contributed by atoms with Crippen LogP contribution in [0.1, 0.15) is 63.1 Å². The zero-order chi connectivity index (χ0) is 31.5. The third kappa shape index (κ3) is 5.82. The first kappa shape index (κ1) is 31.2. The molecule has 3 heterocycles. The van der Waals surface area contributed by atoms with Crippen molar-refractivity contribution in [3.8, 4) is 0 Å². The van der Waals surface area contributed by atoms with Gasteiger partial charge in [0, 0.05) is 31.7 Å². The molecule has 3 nitrogen and oxygen atoms in total. The summed E-state index contributed by atoms with van der Waals surface area (Å²) in [5, 5.41) is 2.64. The van der Waals surface area contributed by atoms with Crippen molar-refractivity contribution < 1.29 is 4.79 Å². The molecular weight excluding hydrogens is 590 g/mol. The standard InChI is InChI=1S/C38H44N2OP2Si/c1-36(2)23-29(41)24-37(3,4)43(36)33-19-16-26(25-44(5,6)7)22-30(33)38(42,34-20-17-27-12-8-10-14-31(27)39-34)35-21-18-28-13-9-11-15-32(28)40-35/h8-22H,23-25,42H2,1-7H3. The SMILES string of the molecule is CC1(C)CC(=O)CC(C)(C)P1c1ccc(C[Si](C)(C)C)cc1C(P)(c1ccc2ccccc2n1)c1ccc2ccccc2n1. The van der Waals surface area contributed by atoms with Crippen LogP contribution in [-0.4, -0.2) is 34.1 Å². The summed E-state index contributed by atoms with van der Waals surface area (Å²) in [5.41, 5.74) is 6.52. The molecule has 0 radical (unpaired) electrons. The van der Waals surface area contributed by atoms with Crippen LogP contribution in [0.5, 0.6) is 0 Å². The summed E-state index contributed by atoms with van der Waals surface area (Å²) in [6.45, 7) is 16.6. The van der Waals surface area contributed by atoms with E-state index in [1.807, 2.05) is 0 Å². The van der Waals surface area contributed by atoms with Gasteiger partial charge in [0.05, 0.1) is 27.6 Å².